The molecule has 23 heavy (non-hydrogen) atoms. The van der Waals surface area contributed by atoms with Gasteiger partial charge in [0.2, 0.25) is 0 Å². The number of aromatic nitrogens is 4. The van der Waals surface area contributed by atoms with E-state index in [-0.39, 0.29) is 17.0 Å². The summed E-state index contributed by atoms with van der Waals surface area (Å²) in [7, 11) is 0. The lowest BCUT2D eigenvalue weighted by Gasteiger charge is -2.16. The fourth-order valence-electron chi connectivity index (χ4n) is 2.29. The van der Waals surface area contributed by atoms with Gasteiger partial charge in [0, 0.05) is 0 Å². The van der Waals surface area contributed by atoms with Crippen LogP contribution in [0.5, 0.6) is 0 Å². The van der Waals surface area contributed by atoms with Gasteiger partial charge in [-0.25, -0.2) is 23.9 Å². The lowest BCUT2D eigenvalue weighted by atomic mass is 10.1. The third-order valence-electron chi connectivity index (χ3n) is 3.36. The van der Waals surface area contributed by atoms with Crippen molar-refractivity contribution in [2.24, 2.45) is 0 Å². The molecule has 3 rings (SSSR count). The van der Waals surface area contributed by atoms with Crippen molar-refractivity contribution in [2.45, 2.75) is 24.6 Å². The molecule has 0 radical (unpaired) electrons. The first kappa shape index (κ1) is 16.6. The quantitative estimate of drug-likeness (QED) is 0.436. The molecule has 0 saturated carbocycles. The van der Waals surface area contributed by atoms with E-state index in [1.54, 1.807) is 0 Å². The van der Waals surface area contributed by atoms with Crippen molar-refractivity contribution in [3.05, 3.63) is 12.7 Å². The molecule has 0 aliphatic carbocycles. The summed E-state index contributed by atoms with van der Waals surface area (Å²) in [4.78, 5) is 20.7. The highest BCUT2D eigenvalue weighted by Crippen LogP contribution is 2.47. The van der Waals surface area contributed by atoms with Crippen LogP contribution in [0.1, 0.15) is 6.23 Å². The zero-order valence-corrected chi connectivity index (χ0v) is 13.2. The zero-order valence-electron chi connectivity index (χ0n) is 11.4. The van der Waals surface area contributed by atoms with Gasteiger partial charge in [-0.1, -0.05) is 12.2 Å². The van der Waals surface area contributed by atoms with E-state index in [4.69, 9.17) is 15.4 Å². The Morgan fingerprint density at radius 1 is 1.52 bits per heavy atom. The molecule has 3 heterocycles. The molecule has 1 fully saturated rings. The maximum atomic E-state index is 14.3. The van der Waals surface area contributed by atoms with E-state index >= 15 is 0 Å². The molecule has 0 bridgehead atoms. The number of thiol groups is 1. The monoisotopic (exact) mass is 365 g/mol. The van der Waals surface area contributed by atoms with E-state index in [0.29, 0.717) is 0 Å². The Balaban J connectivity index is 1.85. The average molecular weight is 365 g/mol. The van der Waals surface area contributed by atoms with E-state index < -0.39 is 38.0 Å². The third-order valence-corrected chi connectivity index (χ3v) is 4.19. The molecule has 0 spiro atoms. The molecular formula is C10H13FN5O5PS. The highest BCUT2D eigenvalue weighted by Gasteiger charge is 2.46. The molecule has 5 atom stereocenters. The number of alkyl halides is 1. The first-order chi connectivity index (χ1) is 10.8. The van der Waals surface area contributed by atoms with E-state index in [1.165, 1.54) is 17.2 Å². The van der Waals surface area contributed by atoms with Crippen molar-refractivity contribution in [3.8, 4) is 0 Å². The summed E-state index contributed by atoms with van der Waals surface area (Å²) in [6.45, 7) is -4.57. The molecule has 4 N–H and O–H groups in total. The minimum absolute atomic E-state index is 0.124. The smallest absolute Gasteiger partial charge is 0.383 e. The van der Waals surface area contributed by atoms with Crippen LogP contribution in [0.15, 0.2) is 12.7 Å². The molecule has 1 saturated heterocycles. The van der Waals surface area contributed by atoms with E-state index in [1.807, 2.05) is 0 Å². The summed E-state index contributed by atoms with van der Waals surface area (Å²) in [6, 6.07) is 0. The Hall–Kier alpha value is -1.30. The number of rotatable bonds is 4. The first-order valence-corrected chi connectivity index (χ1v) is 9.11. The van der Waals surface area contributed by atoms with Crippen LogP contribution in [0.4, 0.5) is 10.2 Å². The standard InChI is InChI=1S/C10H13FN5O5PS/c11-5-7(17)4(1-20-22(18,19)23)21-10(5)16-3-15-6-8(12)13-2-14-9(6)16/h2-5,7,10,17H,1H2,(H2,12,13,14)(H2,18,19,23)/t4-,5+,7-,10-/m1/s1. The third kappa shape index (κ3) is 3.18. The number of hydrogen-bond donors (Lipinski definition) is 4. The number of aliphatic hydroxyl groups excluding tert-OH is 1. The fraction of sp³-hybridized carbons (Fsp3) is 0.500. The second-order valence-corrected chi connectivity index (χ2v) is 7.63. The van der Waals surface area contributed by atoms with Crippen LogP contribution in [0.3, 0.4) is 0 Å². The Morgan fingerprint density at radius 3 is 2.96 bits per heavy atom. The SMILES string of the molecule is Nc1ncnc2c1ncn2[C@@H]1O[C@H](COP(=O)(O)S)[C@@H](O)[C@@H]1F. The Labute approximate surface area is 134 Å². The van der Waals surface area contributed by atoms with Crippen LogP contribution in [-0.2, 0) is 13.8 Å². The van der Waals surface area contributed by atoms with Crippen molar-refractivity contribution < 1.29 is 28.2 Å². The number of ether oxygens (including phenoxy) is 1. The van der Waals surface area contributed by atoms with Crippen LogP contribution in [0.2, 0.25) is 0 Å². The number of fused-ring (bicyclic) bond motifs is 1. The second-order valence-electron chi connectivity index (χ2n) is 4.87. The number of aliphatic hydroxyl groups is 1. The number of hydrogen-bond acceptors (Lipinski definition) is 8. The van der Waals surface area contributed by atoms with E-state index in [0.717, 1.165) is 0 Å². The topological polar surface area (TPSA) is 146 Å². The Kier molecular flexibility index (Phi) is 4.29. The van der Waals surface area contributed by atoms with Crippen molar-refractivity contribution in [1.29, 1.82) is 0 Å². The molecule has 2 aromatic rings. The Morgan fingerprint density at radius 2 is 2.26 bits per heavy atom. The first-order valence-electron chi connectivity index (χ1n) is 6.38. The van der Waals surface area contributed by atoms with Gasteiger partial charge in [-0.2, -0.15) is 0 Å². The Bertz CT molecular complexity index is 771. The minimum Gasteiger partial charge on any atom is -0.387 e. The van der Waals surface area contributed by atoms with E-state index in [9.17, 15) is 14.1 Å². The number of nitrogens with two attached hydrogens (primary N) is 1. The molecule has 10 nitrogen and oxygen atoms in total. The predicted octanol–water partition coefficient (Wildman–Crippen LogP) is 0.0517. The molecule has 1 aliphatic heterocycles. The predicted molar refractivity (Wildman–Crippen MR) is 79.3 cm³/mol. The van der Waals surface area contributed by atoms with Gasteiger partial charge in [-0.3, -0.25) is 9.09 Å². The lowest BCUT2D eigenvalue weighted by molar-refractivity contribution is -0.0418. The largest absolute Gasteiger partial charge is 0.387 e. The summed E-state index contributed by atoms with van der Waals surface area (Å²) in [5, 5.41) is 9.88. The maximum absolute atomic E-state index is 14.3. The van der Waals surface area contributed by atoms with Crippen molar-refractivity contribution >= 4 is 36.0 Å². The van der Waals surface area contributed by atoms with Gasteiger partial charge in [0.25, 0.3) is 0 Å². The number of nitrogen functional groups attached to an aromatic ring is 1. The van der Waals surface area contributed by atoms with Crippen LogP contribution in [0.25, 0.3) is 11.2 Å². The zero-order chi connectivity index (χ0) is 16.8. The molecular weight excluding hydrogens is 352 g/mol. The molecule has 1 aliphatic rings. The maximum Gasteiger partial charge on any atom is 0.383 e. The van der Waals surface area contributed by atoms with Crippen LogP contribution in [0, 0.1) is 0 Å². The molecule has 1 unspecified atom stereocenters. The van der Waals surface area contributed by atoms with Crippen LogP contribution < -0.4 is 5.73 Å². The van der Waals surface area contributed by atoms with Crippen LogP contribution in [-0.4, -0.2) is 54.5 Å². The summed E-state index contributed by atoms with van der Waals surface area (Å²) >= 11 is 3.33. The van der Waals surface area contributed by atoms with Gasteiger partial charge < -0.3 is 20.5 Å². The highest BCUT2D eigenvalue weighted by atomic mass is 32.7. The molecule has 0 amide bonds. The molecule has 2 aromatic heterocycles. The normalized spacial score (nSPS) is 30.6. The summed E-state index contributed by atoms with van der Waals surface area (Å²) in [6.07, 6.45) is -3.32. The number of anilines is 1. The van der Waals surface area contributed by atoms with Gasteiger partial charge in [0.15, 0.2) is 23.9 Å². The second kappa shape index (κ2) is 5.96. The van der Waals surface area contributed by atoms with Crippen molar-refractivity contribution in [2.75, 3.05) is 12.3 Å². The molecule has 13 heteroatoms. The fourth-order valence-corrected chi connectivity index (χ4v) is 2.83. The summed E-state index contributed by atoms with van der Waals surface area (Å²) < 4.78 is 36.5. The molecule has 126 valence electrons. The van der Waals surface area contributed by atoms with Gasteiger partial charge in [-0.15, -0.1) is 0 Å². The van der Waals surface area contributed by atoms with Crippen LogP contribution >= 0.6 is 19.0 Å². The number of halogens is 1. The average Bonchev–Trinajstić information content (AvgIpc) is 3.01. The van der Waals surface area contributed by atoms with Crippen molar-refractivity contribution in [3.63, 3.8) is 0 Å². The lowest BCUT2D eigenvalue weighted by Crippen LogP contribution is -2.31. The number of imidazole rings is 1. The minimum atomic E-state index is -4.07. The summed E-state index contributed by atoms with van der Waals surface area (Å²) in [5.41, 5.74) is 6.16. The van der Waals surface area contributed by atoms with Gasteiger partial charge >= 0.3 is 6.80 Å². The van der Waals surface area contributed by atoms with Gasteiger partial charge in [0.05, 0.1) is 12.9 Å². The highest BCUT2D eigenvalue weighted by molar-refractivity contribution is 8.44. The van der Waals surface area contributed by atoms with Crippen molar-refractivity contribution in [1.82, 2.24) is 19.5 Å². The van der Waals surface area contributed by atoms with E-state index in [2.05, 4.69) is 31.7 Å². The molecule has 0 aromatic carbocycles. The van der Waals surface area contributed by atoms with Gasteiger partial charge in [0.1, 0.15) is 24.1 Å². The summed E-state index contributed by atoms with van der Waals surface area (Å²) in [5.74, 6) is 0.124. The number of nitrogens with zero attached hydrogens (tertiary/aromatic N) is 4. The van der Waals surface area contributed by atoms with Gasteiger partial charge in [-0.05, 0) is 0 Å².